The second kappa shape index (κ2) is 6.23. The number of para-hydroxylation sites is 1. The maximum atomic E-state index is 13.3. The Bertz CT molecular complexity index is 866. The van der Waals surface area contributed by atoms with E-state index in [1.807, 2.05) is 6.07 Å². The van der Waals surface area contributed by atoms with Gasteiger partial charge >= 0.3 is 0 Å². The van der Waals surface area contributed by atoms with Gasteiger partial charge in [0.1, 0.15) is 5.82 Å². The average Bonchev–Trinajstić information content (AvgIpc) is 2.56. The van der Waals surface area contributed by atoms with Crippen molar-refractivity contribution in [2.45, 2.75) is 0 Å². The minimum Gasteiger partial charge on any atom is -0.382 e. The van der Waals surface area contributed by atoms with Gasteiger partial charge in [-0.25, -0.2) is 14.4 Å². The lowest BCUT2D eigenvalue weighted by atomic mass is 10.1. The maximum Gasteiger partial charge on any atom is 0.278 e. The number of rotatable bonds is 3. The molecule has 0 aliphatic rings. The van der Waals surface area contributed by atoms with Gasteiger partial charge in [-0.2, -0.15) is 0 Å². The summed E-state index contributed by atoms with van der Waals surface area (Å²) in [5, 5.41) is 2.69. The monoisotopic (exact) mass is 314 g/mol. The summed E-state index contributed by atoms with van der Waals surface area (Å²) in [6.07, 6.45) is 1.41. The van der Waals surface area contributed by atoms with Crippen molar-refractivity contribution in [1.29, 1.82) is 0 Å². The number of amides is 1. The molecule has 0 saturated heterocycles. The Hall–Kier alpha value is -3.28. The summed E-state index contributed by atoms with van der Waals surface area (Å²) in [4.78, 5) is 20.5. The Morgan fingerprint density at radius 2 is 1.91 bits per heavy atom. The zero-order valence-corrected chi connectivity index (χ0v) is 12.0. The molecule has 0 bridgehead atoms. The normalized spacial score (nSPS) is 10.3. The molecule has 23 heavy (non-hydrogen) atoms. The Morgan fingerprint density at radius 3 is 2.65 bits per heavy atom. The topological polar surface area (TPSA) is 80.9 Å². The first kappa shape index (κ1) is 14.6. The number of carbonyl (C=O) groups is 1. The Labute approximate surface area is 136 Å². The highest BCUT2D eigenvalue weighted by Crippen LogP contribution is 2.20. The molecule has 0 fully saturated rings. The highest BCUT2D eigenvalue weighted by atomic mass is 19.1. The number of halogens is 1. The fourth-order valence-electron chi connectivity index (χ4n) is 2.06. The Morgan fingerprint density at radius 1 is 1.13 bits per heavy atom. The first-order chi connectivity index (χ1) is 11.1. The largest absolute Gasteiger partial charge is 0.382 e. The van der Waals surface area contributed by atoms with Gasteiger partial charge in [-0.15, -0.1) is 0 Å². The minimum atomic E-state index is -0.473. The lowest BCUT2D eigenvalue weighted by Crippen LogP contribution is -2.17. The van der Waals surface area contributed by atoms with Gasteiger partial charge in [0, 0.05) is 15.5 Å². The SMILES string of the molecule is Nc1ncc(-c2cccc(F)c2)nc1C(=O)Nc1ccccc1.[HH].[HH].[HH]. The predicted octanol–water partition coefficient (Wildman–Crippen LogP) is 3.86. The van der Waals surface area contributed by atoms with E-state index in [4.69, 9.17) is 5.73 Å². The molecule has 1 aromatic heterocycles. The zero-order chi connectivity index (χ0) is 16.2. The van der Waals surface area contributed by atoms with E-state index in [-0.39, 0.29) is 15.8 Å². The molecular formula is C17H19FN4O. The van der Waals surface area contributed by atoms with Crippen molar-refractivity contribution < 1.29 is 13.5 Å². The van der Waals surface area contributed by atoms with Gasteiger partial charge in [-0.05, 0) is 24.3 Å². The quantitative estimate of drug-likeness (QED) is 0.769. The first-order valence-corrected chi connectivity index (χ1v) is 6.88. The van der Waals surface area contributed by atoms with Crippen molar-refractivity contribution >= 4 is 17.4 Å². The van der Waals surface area contributed by atoms with E-state index in [2.05, 4.69) is 15.3 Å². The van der Waals surface area contributed by atoms with Crippen LogP contribution in [-0.2, 0) is 0 Å². The van der Waals surface area contributed by atoms with Crippen molar-refractivity contribution in [2.75, 3.05) is 11.1 Å². The number of nitrogens with zero attached hydrogens (tertiary/aromatic N) is 2. The highest BCUT2D eigenvalue weighted by Gasteiger charge is 2.15. The van der Waals surface area contributed by atoms with E-state index in [9.17, 15) is 9.18 Å². The van der Waals surface area contributed by atoms with Gasteiger partial charge < -0.3 is 11.1 Å². The number of aromatic nitrogens is 2. The predicted molar refractivity (Wildman–Crippen MR) is 92.6 cm³/mol. The van der Waals surface area contributed by atoms with E-state index in [0.29, 0.717) is 16.9 Å². The lowest BCUT2D eigenvalue weighted by Gasteiger charge is -2.08. The fourth-order valence-corrected chi connectivity index (χ4v) is 2.06. The molecule has 0 unspecified atom stereocenters. The molecule has 0 aliphatic heterocycles. The number of nitrogen functional groups attached to an aromatic ring is 1. The van der Waals surface area contributed by atoms with E-state index >= 15 is 0 Å². The maximum absolute atomic E-state index is 13.3. The van der Waals surface area contributed by atoms with E-state index in [0.717, 1.165) is 0 Å². The van der Waals surface area contributed by atoms with Crippen LogP contribution in [0, 0.1) is 5.82 Å². The van der Waals surface area contributed by atoms with Crippen LogP contribution in [-0.4, -0.2) is 15.9 Å². The molecule has 0 radical (unpaired) electrons. The summed E-state index contributed by atoms with van der Waals surface area (Å²) >= 11 is 0. The van der Waals surface area contributed by atoms with Crippen LogP contribution in [0.1, 0.15) is 14.8 Å². The second-order valence-corrected chi connectivity index (χ2v) is 4.82. The van der Waals surface area contributed by atoms with Crippen LogP contribution in [0.3, 0.4) is 0 Å². The number of hydrogen-bond donors (Lipinski definition) is 2. The van der Waals surface area contributed by atoms with Crippen LogP contribution in [0.2, 0.25) is 0 Å². The van der Waals surface area contributed by atoms with E-state index < -0.39 is 11.7 Å². The third-order valence-electron chi connectivity index (χ3n) is 3.17. The number of nitrogens with one attached hydrogen (secondary N) is 1. The van der Waals surface area contributed by atoms with Crippen LogP contribution in [0.15, 0.2) is 60.8 Å². The molecule has 0 aliphatic carbocycles. The number of anilines is 2. The van der Waals surface area contributed by atoms with Crippen molar-refractivity contribution in [3.05, 3.63) is 72.3 Å². The summed E-state index contributed by atoms with van der Waals surface area (Å²) in [6.45, 7) is 0. The molecular weight excluding hydrogens is 295 g/mol. The van der Waals surface area contributed by atoms with Crippen molar-refractivity contribution in [3.63, 3.8) is 0 Å². The average molecular weight is 314 g/mol. The number of hydrogen-bond acceptors (Lipinski definition) is 4. The van der Waals surface area contributed by atoms with Crippen LogP contribution in [0.25, 0.3) is 11.3 Å². The minimum absolute atomic E-state index is 0. The highest BCUT2D eigenvalue weighted by molar-refractivity contribution is 6.05. The van der Waals surface area contributed by atoms with Crippen LogP contribution in [0.5, 0.6) is 0 Å². The van der Waals surface area contributed by atoms with Crippen molar-refractivity contribution in [1.82, 2.24) is 9.97 Å². The molecule has 3 rings (SSSR count). The first-order valence-electron chi connectivity index (χ1n) is 6.88. The van der Waals surface area contributed by atoms with E-state index in [1.54, 1.807) is 36.4 Å². The molecule has 120 valence electrons. The summed E-state index contributed by atoms with van der Waals surface area (Å²) in [5.41, 5.74) is 7.25. The molecule has 5 nitrogen and oxygen atoms in total. The molecule has 3 N–H and O–H groups in total. The molecule has 0 atom stereocenters. The molecule has 1 amide bonds. The number of nitrogens with two attached hydrogens (primary N) is 1. The van der Waals surface area contributed by atoms with E-state index in [1.165, 1.54) is 18.3 Å². The fraction of sp³-hybridized carbons (Fsp3) is 0. The molecule has 6 heteroatoms. The Kier molecular flexibility index (Phi) is 3.97. The molecule has 1 heterocycles. The van der Waals surface area contributed by atoms with Gasteiger partial charge in [-0.1, -0.05) is 30.3 Å². The molecule has 0 saturated carbocycles. The molecule has 0 spiro atoms. The van der Waals surface area contributed by atoms with Gasteiger partial charge in [0.05, 0.1) is 11.9 Å². The van der Waals surface area contributed by atoms with Gasteiger partial charge in [0.2, 0.25) is 0 Å². The second-order valence-electron chi connectivity index (χ2n) is 4.82. The van der Waals surface area contributed by atoms with Crippen LogP contribution in [0.4, 0.5) is 15.9 Å². The van der Waals surface area contributed by atoms with Gasteiger partial charge in [0.15, 0.2) is 11.5 Å². The van der Waals surface area contributed by atoms with Crippen LogP contribution < -0.4 is 11.1 Å². The summed E-state index contributed by atoms with van der Waals surface area (Å²) in [5.74, 6) is -0.852. The number of carbonyl (C=O) groups excluding carboxylic acids is 1. The lowest BCUT2D eigenvalue weighted by molar-refractivity contribution is 0.102. The van der Waals surface area contributed by atoms with Crippen molar-refractivity contribution in [2.24, 2.45) is 0 Å². The standard InChI is InChI=1S/C17H13FN4O.3H2/c18-12-6-4-5-11(9-12)14-10-20-16(19)15(22-14)17(23)21-13-7-2-1-3-8-13;;;/h1-10H,(H2,19,20)(H,21,23);3*1H. The molecule has 3 aromatic rings. The zero-order valence-electron chi connectivity index (χ0n) is 12.0. The Balaban J connectivity index is 0.00000208. The van der Waals surface area contributed by atoms with Gasteiger partial charge in [-0.3, -0.25) is 4.79 Å². The number of benzene rings is 2. The molecule has 2 aromatic carbocycles. The summed E-state index contributed by atoms with van der Waals surface area (Å²) in [6, 6.07) is 14.8. The summed E-state index contributed by atoms with van der Waals surface area (Å²) in [7, 11) is 0. The smallest absolute Gasteiger partial charge is 0.278 e. The van der Waals surface area contributed by atoms with Gasteiger partial charge in [0.25, 0.3) is 5.91 Å². The summed E-state index contributed by atoms with van der Waals surface area (Å²) < 4.78 is 13.3. The third-order valence-corrected chi connectivity index (χ3v) is 3.17. The van der Waals surface area contributed by atoms with Crippen molar-refractivity contribution in [3.8, 4) is 11.3 Å². The van der Waals surface area contributed by atoms with Crippen LogP contribution >= 0.6 is 0 Å². The third kappa shape index (κ3) is 3.32.